The van der Waals surface area contributed by atoms with Crippen LogP contribution in [-0.4, -0.2) is 51.9 Å². The maximum Gasteiger partial charge on any atom is 0.418 e. The lowest BCUT2D eigenvalue weighted by molar-refractivity contribution is -0.138. The van der Waals surface area contributed by atoms with E-state index in [4.69, 9.17) is 0 Å². The molecule has 2 aromatic carbocycles. The molecule has 1 saturated heterocycles. The van der Waals surface area contributed by atoms with Crippen molar-refractivity contribution in [3.8, 4) is 5.75 Å². The van der Waals surface area contributed by atoms with Crippen LogP contribution in [0.15, 0.2) is 65.7 Å². The number of aromatic nitrogens is 1. The van der Waals surface area contributed by atoms with Crippen LogP contribution in [0.5, 0.6) is 5.75 Å². The van der Waals surface area contributed by atoms with Crippen molar-refractivity contribution in [1.29, 1.82) is 0 Å². The molecule has 2 aliphatic heterocycles. The van der Waals surface area contributed by atoms with Crippen LogP contribution >= 0.6 is 0 Å². The Morgan fingerprint density at radius 2 is 1.78 bits per heavy atom. The molecule has 0 radical (unpaired) electrons. The number of amides is 1. The number of rotatable bonds is 8. The van der Waals surface area contributed by atoms with Crippen LogP contribution in [-0.2, 0) is 38.0 Å². The maximum absolute atomic E-state index is 14.3. The van der Waals surface area contributed by atoms with Crippen molar-refractivity contribution in [2.24, 2.45) is 5.92 Å². The number of pyridine rings is 1. The van der Waals surface area contributed by atoms with Crippen LogP contribution in [0.4, 0.5) is 27.6 Å². The van der Waals surface area contributed by atoms with E-state index < -0.39 is 62.1 Å². The number of halogens is 5. The van der Waals surface area contributed by atoms with Crippen LogP contribution in [0.1, 0.15) is 52.9 Å². The summed E-state index contributed by atoms with van der Waals surface area (Å²) in [7, 11) is -7.84. The number of carbonyl (C=O) groups is 1. The first-order valence-corrected chi connectivity index (χ1v) is 17.6. The summed E-state index contributed by atoms with van der Waals surface area (Å²) in [5, 5.41) is 2.45. The minimum atomic E-state index is -4.69. The van der Waals surface area contributed by atoms with Gasteiger partial charge < -0.3 is 10.1 Å². The molecular weight excluding hydrogens is 657 g/mol. The van der Waals surface area contributed by atoms with Gasteiger partial charge in [-0.3, -0.25) is 14.1 Å². The minimum Gasteiger partial charge on any atom is -0.435 e. The highest BCUT2D eigenvalue weighted by Gasteiger charge is 2.60. The highest BCUT2D eigenvalue weighted by molar-refractivity contribution is 7.93. The summed E-state index contributed by atoms with van der Waals surface area (Å²) in [5.74, 6) is -1.65. The molecule has 246 valence electrons. The Hall–Kier alpha value is -3.79. The Labute approximate surface area is 261 Å². The van der Waals surface area contributed by atoms with Gasteiger partial charge in [0, 0.05) is 23.2 Å². The van der Waals surface area contributed by atoms with Gasteiger partial charge in [0.05, 0.1) is 45.9 Å². The highest BCUT2D eigenvalue weighted by atomic mass is 32.2. The highest BCUT2D eigenvalue weighted by Crippen LogP contribution is 2.59. The fourth-order valence-electron chi connectivity index (χ4n) is 6.63. The second-order valence-corrected chi connectivity index (χ2v) is 15.8. The maximum atomic E-state index is 14.3. The Bertz CT molecular complexity index is 1880. The molecule has 16 heteroatoms. The minimum absolute atomic E-state index is 0.0390. The summed E-state index contributed by atoms with van der Waals surface area (Å²) in [6.45, 7) is -3.71. The molecule has 1 N–H and O–H groups in total. The van der Waals surface area contributed by atoms with E-state index in [1.165, 1.54) is 46.9 Å². The third-order valence-corrected chi connectivity index (χ3v) is 12.3. The normalized spacial score (nSPS) is 20.5. The average molecular weight is 686 g/mol. The molecule has 3 aliphatic rings. The summed E-state index contributed by atoms with van der Waals surface area (Å²) in [4.78, 5) is 16.7. The second kappa shape index (κ2) is 11.5. The number of hydrogen-bond acceptors (Lipinski definition) is 7. The van der Waals surface area contributed by atoms with E-state index in [1.54, 1.807) is 0 Å². The zero-order valence-electron chi connectivity index (χ0n) is 24.0. The second-order valence-electron chi connectivity index (χ2n) is 11.7. The monoisotopic (exact) mass is 685 g/mol. The largest absolute Gasteiger partial charge is 0.435 e. The fraction of sp³-hybridized carbons (Fsp3) is 0.400. The summed E-state index contributed by atoms with van der Waals surface area (Å²) >= 11 is 0. The van der Waals surface area contributed by atoms with Gasteiger partial charge in [-0.05, 0) is 79.6 Å². The first-order chi connectivity index (χ1) is 21.6. The predicted octanol–water partition coefficient (Wildman–Crippen LogP) is 5.07. The molecule has 1 atom stereocenters. The number of nitrogens with one attached hydrogen (secondary N) is 1. The number of alkyl halides is 5. The van der Waals surface area contributed by atoms with E-state index >= 15 is 0 Å². The van der Waals surface area contributed by atoms with E-state index in [9.17, 15) is 43.6 Å². The smallest absolute Gasteiger partial charge is 0.418 e. The molecular formula is C30H28F5N3O6S2. The van der Waals surface area contributed by atoms with Gasteiger partial charge in [0.2, 0.25) is 0 Å². The lowest BCUT2D eigenvalue weighted by atomic mass is 9.70. The van der Waals surface area contributed by atoms with Crippen molar-refractivity contribution in [3.05, 3.63) is 83.2 Å². The molecule has 2 fully saturated rings. The summed E-state index contributed by atoms with van der Waals surface area (Å²) in [6.07, 6.45) is -2.00. The molecule has 1 amide bonds. The zero-order valence-corrected chi connectivity index (χ0v) is 25.6. The Balaban J connectivity index is 1.41. The Morgan fingerprint density at radius 1 is 1.07 bits per heavy atom. The molecule has 1 spiro atoms. The van der Waals surface area contributed by atoms with E-state index in [0.717, 1.165) is 18.2 Å². The molecule has 1 saturated carbocycles. The lowest BCUT2D eigenvalue weighted by Crippen LogP contribution is -2.52. The molecule has 0 bridgehead atoms. The number of hydrogen-bond donors (Lipinski definition) is 1. The van der Waals surface area contributed by atoms with Gasteiger partial charge in [0.25, 0.3) is 15.9 Å². The first kappa shape index (κ1) is 32.2. The molecule has 6 rings (SSSR count). The molecule has 9 nitrogen and oxygen atoms in total. The molecule has 1 aromatic heterocycles. The third-order valence-electron chi connectivity index (χ3n) is 8.84. The number of anilines is 1. The van der Waals surface area contributed by atoms with Crippen LogP contribution in [0.2, 0.25) is 0 Å². The van der Waals surface area contributed by atoms with Gasteiger partial charge in [-0.25, -0.2) is 16.8 Å². The number of sulfone groups is 1. The molecule has 1 unspecified atom stereocenters. The topological polar surface area (TPSA) is 123 Å². The SMILES string of the molecule is O=C(NCc1ncccc1C(F)(F)F)c1ccc2c(c1)C1(CCS(=O)(=O)CC1)C(C1CC1)N2S(=O)(=O)c1cccc(OC(F)F)c1. The summed E-state index contributed by atoms with van der Waals surface area (Å²) in [5.41, 5.74) is -1.68. The molecule has 3 aromatic rings. The molecule has 1 aliphatic carbocycles. The van der Waals surface area contributed by atoms with E-state index in [1.807, 2.05) is 0 Å². The zero-order chi connectivity index (χ0) is 33.1. The Morgan fingerprint density at radius 3 is 2.43 bits per heavy atom. The predicted molar refractivity (Wildman–Crippen MR) is 156 cm³/mol. The van der Waals surface area contributed by atoms with E-state index in [-0.39, 0.29) is 57.9 Å². The van der Waals surface area contributed by atoms with Crippen molar-refractivity contribution in [3.63, 3.8) is 0 Å². The van der Waals surface area contributed by atoms with Gasteiger partial charge in [0.15, 0.2) is 0 Å². The summed E-state index contributed by atoms with van der Waals surface area (Å²) in [6, 6.07) is 10.2. The fourth-order valence-corrected chi connectivity index (χ4v) is 10.0. The number of ether oxygens (including phenoxy) is 1. The first-order valence-electron chi connectivity index (χ1n) is 14.4. The van der Waals surface area contributed by atoms with Crippen molar-refractivity contribution >= 4 is 31.5 Å². The number of benzene rings is 2. The van der Waals surface area contributed by atoms with Crippen LogP contribution in [0, 0.1) is 5.92 Å². The van der Waals surface area contributed by atoms with Gasteiger partial charge in [-0.2, -0.15) is 22.0 Å². The number of nitrogens with zero attached hydrogens (tertiary/aromatic N) is 2. The van der Waals surface area contributed by atoms with Gasteiger partial charge in [-0.15, -0.1) is 0 Å². The van der Waals surface area contributed by atoms with Gasteiger partial charge in [-0.1, -0.05) is 6.07 Å². The van der Waals surface area contributed by atoms with Crippen molar-refractivity contribution in [2.75, 3.05) is 15.8 Å². The van der Waals surface area contributed by atoms with Gasteiger partial charge in [0.1, 0.15) is 15.6 Å². The van der Waals surface area contributed by atoms with E-state index in [2.05, 4.69) is 15.0 Å². The van der Waals surface area contributed by atoms with E-state index in [0.29, 0.717) is 18.4 Å². The molecule has 3 heterocycles. The van der Waals surface area contributed by atoms with Crippen molar-refractivity contribution < 1.29 is 48.3 Å². The Kier molecular flexibility index (Phi) is 8.02. The molecule has 46 heavy (non-hydrogen) atoms. The number of carbonyl (C=O) groups excluding carboxylic acids is 1. The quantitative estimate of drug-likeness (QED) is 0.329. The lowest BCUT2D eigenvalue weighted by Gasteiger charge is -2.41. The van der Waals surface area contributed by atoms with Crippen LogP contribution in [0.3, 0.4) is 0 Å². The van der Waals surface area contributed by atoms with Crippen LogP contribution in [0.25, 0.3) is 0 Å². The average Bonchev–Trinajstić information content (AvgIpc) is 3.79. The van der Waals surface area contributed by atoms with Crippen molar-refractivity contribution in [1.82, 2.24) is 10.3 Å². The van der Waals surface area contributed by atoms with Gasteiger partial charge >= 0.3 is 12.8 Å². The number of fused-ring (bicyclic) bond motifs is 2. The van der Waals surface area contributed by atoms with Crippen molar-refractivity contribution in [2.45, 2.75) is 61.4 Å². The standard InChI is InChI=1S/C30H28F5N3O6S2/c31-28(32)44-20-3-1-4-21(16-20)46(42,43)38-25-9-8-19(27(39)37-17-24-22(30(33,34)35)5-2-12-36-24)15-23(25)29(26(38)18-6-7-18)10-13-45(40,41)14-11-29/h1-5,8-9,12,15-16,18,26,28H,6-7,10-11,13-14,17H2,(H,37,39). The summed E-state index contributed by atoms with van der Waals surface area (Å²) < 4.78 is 126. The van der Waals surface area contributed by atoms with Crippen LogP contribution < -0.4 is 14.4 Å². The third kappa shape index (κ3) is 5.92. The number of sulfonamides is 1.